The summed E-state index contributed by atoms with van der Waals surface area (Å²) in [4.78, 5) is 10.4. The normalized spacial score (nSPS) is 29.5. The van der Waals surface area contributed by atoms with Gasteiger partial charge in [0.2, 0.25) is 0 Å². The van der Waals surface area contributed by atoms with Crippen LogP contribution in [0.2, 0.25) is 35.2 Å². The van der Waals surface area contributed by atoms with E-state index in [1.165, 1.54) is 54.6 Å². The Balaban J connectivity index is 0.000000188. The predicted octanol–water partition coefficient (Wildman–Crippen LogP) is 26.6. The number of nitrogens with zero attached hydrogens (tertiary/aromatic N) is 1. The van der Waals surface area contributed by atoms with Crippen LogP contribution in [-0.2, 0) is 72.7 Å². The molecule has 0 aliphatic carbocycles. The van der Waals surface area contributed by atoms with E-state index >= 15 is 0 Å². The molecule has 0 bridgehead atoms. The van der Waals surface area contributed by atoms with Crippen molar-refractivity contribution in [2.75, 3.05) is 52.9 Å². The second kappa shape index (κ2) is 45.9. The van der Waals surface area contributed by atoms with Gasteiger partial charge in [0, 0.05) is 108 Å². The zero-order valence-electron chi connectivity index (χ0n) is 90.8. The lowest BCUT2D eigenvalue weighted by atomic mass is 10.1. The quantitative estimate of drug-likeness (QED) is 0.0378. The summed E-state index contributed by atoms with van der Waals surface area (Å²) in [7, 11) is -24.6. The Labute approximate surface area is 910 Å². The summed E-state index contributed by atoms with van der Waals surface area (Å²) in [5.74, 6) is -0.736. The molecule has 44 heteroatoms. The largest absolute Gasteiger partial charge is 0.322 e. The van der Waals surface area contributed by atoms with Crippen LogP contribution in [-0.4, -0.2) is 144 Å². The number of hydrogen-bond donors (Lipinski definition) is 8. The third-order valence-electron chi connectivity index (χ3n) is 25.5. The molecule has 0 aromatic heterocycles. The summed E-state index contributed by atoms with van der Waals surface area (Å²) in [5.41, 5.74) is -1.86. The van der Waals surface area contributed by atoms with Crippen molar-refractivity contribution in [1.29, 1.82) is 0 Å². The minimum atomic E-state index is -3.23. The topological polar surface area (TPSA) is 350 Å². The second-order valence-corrected chi connectivity index (χ2v) is 74.3. The van der Waals surface area contributed by atoms with Crippen molar-refractivity contribution in [1.82, 2.24) is 42.5 Å². The van der Waals surface area contributed by atoms with Crippen molar-refractivity contribution < 1.29 is 86.4 Å². The van der Waals surface area contributed by atoms with Crippen LogP contribution in [0.4, 0.5) is 14.5 Å². The SMILES string of the molecule is CC1(C)COP(=O)(c2cc(Cl)cc(Cl)c2)C(C)(C)N1.CC1(C)COP(=O)(c2ccc(Cl)cc2)C(C)(C)N1.CC1(C)COP(=O)(c2ccc(F)cc2)C(C)(C)N1.CC1(C)COP(=O)(c2cccc(Cl)c2)C(C)(C)N1.CC1(C)COP(=O)(c2cccc(Cl)c2Cl)C(C)(C)N1.CC1(C)COP(=O)(c2cccc(F)c2)C(C)(C)N1.CC1(C)COP(=O)(c2cccc([N+](=O)[O-])c2)C(C)(C)N1.CC1(C)COP(=O)(c2ccccc2Cl)C(C)(C)N1. The molecule has 8 aliphatic rings. The Morgan fingerprint density at radius 3 is 0.804 bits per heavy atom. The molecule has 0 radical (unpaired) electrons. The highest BCUT2D eigenvalue weighted by molar-refractivity contribution is 7.71. The zero-order chi connectivity index (χ0) is 112. The van der Waals surface area contributed by atoms with Gasteiger partial charge in [-0.1, -0.05) is 118 Å². The van der Waals surface area contributed by atoms with Crippen LogP contribution >= 0.6 is 140 Å². The molecule has 148 heavy (non-hydrogen) atoms. The maximum absolute atomic E-state index is 13.3. The van der Waals surface area contributed by atoms with Crippen LogP contribution in [0.1, 0.15) is 222 Å². The molecule has 0 spiro atoms. The number of nitro groups is 1. The number of halogens is 9. The molecule has 8 saturated heterocycles. The van der Waals surface area contributed by atoms with E-state index in [1.54, 1.807) is 123 Å². The number of benzene rings is 8. The summed E-state index contributed by atoms with van der Waals surface area (Å²) < 4.78 is 178. The minimum absolute atomic E-state index is 0.0815. The van der Waals surface area contributed by atoms with Gasteiger partial charge in [-0.3, -0.25) is 89.2 Å². The number of nitrogens with one attached hydrogen (secondary N) is 8. The van der Waals surface area contributed by atoms with Gasteiger partial charge in [-0.15, -0.1) is 0 Å². The first-order chi connectivity index (χ1) is 67.1. The third-order valence-corrected chi connectivity index (χ3v) is 52.3. The molecule has 822 valence electrons. The number of nitro benzene ring substituents is 1. The maximum atomic E-state index is 13.3. The van der Waals surface area contributed by atoms with Crippen molar-refractivity contribution >= 4 is 188 Å². The summed E-state index contributed by atoms with van der Waals surface area (Å²) >= 11 is 42.2. The summed E-state index contributed by atoms with van der Waals surface area (Å²) in [6.45, 7) is 65.1. The molecule has 8 aliphatic heterocycles. The van der Waals surface area contributed by atoms with Crippen molar-refractivity contribution in [2.45, 2.75) is 308 Å². The molecule has 16 rings (SSSR count). The smallest absolute Gasteiger partial charge is 0.270 e. The van der Waals surface area contributed by atoms with Crippen LogP contribution in [0.15, 0.2) is 182 Å². The Hall–Kier alpha value is -3.75. The van der Waals surface area contributed by atoms with E-state index in [9.17, 15) is 55.4 Å². The maximum Gasteiger partial charge on any atom is 0.270 e. The Bertz CT molecular complexity index is 6360. The van der Waals surface area contributed by atoms with E-state index in [4.69, 9.17) is 117 Å². The molecular formula is C104H150Cl7F2N9O18P8. The Kier molecular flexibility index (Phi) is 39.6. The first-order valence-electron chi connectivity index (χ1n) is 48.3. The van der Waals surface area contributed by atoms with Gasteiger partial charge in [-0.2, -0.15) is 0 Å². The molecule has 0 amide bonds. The van der Waals surface area contributed by atoms with Crippen LogP contribution in [0, 0.1) is 21.7 Å². The standard InChI is InChI=1S/2C13H18Cl2NO2P.3C13H19ClNO2P.2C13H19FNO2P.C13H19N2O4P/c1-12(2)8-18-19(17,13(3,4)16-12)11-6-9(14)5-10(15)7-11;1-12(2)8-18-19(17,13(3,4)16-12)10-7-5-6-9(14)11(10)15;1-12(2)9-17-18(16,13(3,4)15-12)11-7-5-10(14)6-8-11;1-12(2)9-17-18(16,13(3,4)15-12)11-7-5-6-10(14)8-11;1-12(2)9-17-18(16,13(3,4)15-12)11-8-6-5-7-10(11)14;1-12(2)9-17-18(16,13(3,4)15-12)11-7-5-10(14)6-8-11;1-12(2)9-17-18(16,13(3,4)15-12)11-7-5-6-10(14)8-11;1-12(2)9-19-20(18,13(3,4)14-12)11-7-5-6-10(8-11)15(16)17/h2*5-7,16H,8H2,1-4H3;5*5-8,15H,9H2,1-4H3;5-8,14H,9H2,1-4H3. The van der Waals surface area contributed by atoms with Crippen molar-refractivity contribution in [2.24, 2.45) is 0 Å². The van der Waals surface area contributed by atoms with Gasteiger partial charge in [0.25, 0.3) is 64.6 Å². The lowest BCUT2D eigenvalue weighted by molar-refractivity contribution is -0.384. The number of non-ortho nitro benzene ring substituents is 1. The van der Waals surface area contributed by atoms with E-state index in [-0.39, 0.29) is 62.4 Å². The molecule has 8 unspecified atom stereocenters. The van der Waals surface area contributed by atoms with Crippen LogP contribution < -0.4 is 85.0 Å². The first kappa shape index (κ1) is 128. The van der Waals surface area contributed by atoms with E-state index in [1.807, 2.05) is 226 Å². The average Bonchev–Trinajstić information content (AvgIpc) is 0.736. The lowest BCUT2D eigenvalue weighted by Gasteiger charge is -2.47. The van der Waals surface area contributed by atoms with E-state index in [2.05, 4.69) is 42.5 Å². The fraction of sp³-hybridized carbons (Fsp3) is 0.538. The van der Waals surface area contributed by atoms with E-state index in [0.717, 1.165) is 0 Å². The second-order valence-electron chi connectivity index (χ2n) is 47.5. The fourth-order valence-electron chi connectivity index (χ4n) is 19.4. The molecule has 8 heterocycles. The monoisotopic (exact) mass is 2340 g/mol. The summed E-state index contributed by atoms with van der Waals surface area (Å²) in [5, 5.41) is 40.1. The van der Waals surface area contributed by atoms with Crippen molar-refractivity contribution in [3.8, 4) is 0 Å². The number of rotatable bonds is 9. The van der Waals surface area contributed by atoms with Crippen molar-refractivity contribution in [3.63, 3.8) is 0 Å². The van der Waals surface area contributed by atoms with E-state index < -0.39 is 112 Å². The molecular weight excluding hydrogens is 2200 g/mol. The fourth-order valence-corrected chi connectivity index (χ4v) is 42.9. The number of hydrogen-bond acceptors (Lipinski definition) is 26. The highest BCUT2D eigenvalue weighted by Gasteiger charge is 2.59. The molecule has 8 N–H and O–H groups in total. The minimum Gasteiger partial charge on any atom is -0.322 e. The molecule has 8 fully saturated rings. The van der Waals surface area contributed by atoms with Crippen LogP contribution in [0.3, 0.4) is 0 Å². The van der Waals surface area contributed by atoms with Gasteiger partial charge in [0.1, 0.15) is 11.6 Å². The average molecular weight is 2350 g/mol. The van der Waals surface area contributed by atoms with Crippen LogP contribution in [0.5, 0.6) is 0 Å². The third kappa shape index (κ3) is 29.3. The van der Waals surface area contributed by atoms with Gasteiger partial charge >= 0.3 is 0 Å². The van der Waals surface area contributed by atoms with Gasteiger partial charge < -0.3 is 36.2 Å². The molecule has 8 aromatic carbocycles. The molecule has 8 atom stereocenters. The van der Waals surface area contributed by atoms with Crippen LogP contribution in [0.25, 0.3) is 0 Å². The molecule has 0 saturated carbocycles. The molecule has 8 aromatic rings. The van der Waals surface area contributed by atoms with Gasteiger partial charge in [-0.25, -0.2) is 8.78 Å². The van der Waals surface area contributed by atoms with Crippen molar-refractivity contribution in [3.05, 3.63) is 239 Å². The van der Waals surface area contributed by atoms with Gasteiger partial charge in [0.15, 0.2) is 0 Å². The van der Waals surface area contributed by atoms with Gasteiger partial charge in [0.05, 0.1) is 126 Å². The molecule has 27 nitrogen and oxygen atoms in total. The highest BCUT2D eigenvalue weighted by Crippen LogP contribution is 2.68. The Morgan fingerprint density at radius 2 is 0.493 bits per heavy atom. The van der Waals surface area contributed by atoms with E-state index in [0.29, 0.717) is 124 Å². The first-order valence-corrected chi connectivity index (χ1v) is 64.0. The Morgan fingerprint density at radius 1 is 0.243 bits per heavy atom. The lowest BCUT2D eigenvalue weighted by Crippen LogP contribution is -2.59. The summed E-state index contributed by atoms with van der Waals surface area (Å²) in [6, 6.07) is 48.9. The predicted molar refractivity (Wildman–Crippen MR) is 609 cm³/mol. The van der Waals surface area contributed by atoms with Gasteiger partial charge in [-0.05, 0) is 355 Å². The highest BCUT2D eigenvalue weighted by atomic mass is 35.5. The summed E-state index contributed by atoms with van der Waals surface area (Å²) in [6.07, 6.45) is 0. The zero-order valence-corrected chi connectivity index (χ0v) is 103.